The Morgan fingerprint density at radius 1 is 1.71 bits per heavy atom. The van der Waals surface area contributed by atoms with Crippen LogP contribution in [0.5, 0.6) is 0 Å². The molecule has 0 aromatic heterocycles. The Hall–Kier alpha value is 0.924. The van der Waals surface area contributed by atoms with Crippen LogP contribution in [0.3, 0.4) is 0 Å². The summed E-state index contributed by atoms with van der Waals surface area (Å²) in [4.78, 5) is 0. The Labute approximate surface area is 58.8 Å². The minimum atomic E-state index is -1.38. The van der Waals surface area contributed by atoms with E-state index >= 15 is 0 Å². The van der Waals surface area contributed by atoms with E-state index in [0.717, 1.165) is 0 Å². The third-order valence-corrected chi connectivity index (χ3v) is 1.38. The van der Waals surface area contributed by atoms with Gasteiger partial charge in [-0.3, -0.25) is 0 Å². The number of alkyl halides is 2. The van der Waals surface area contributed by atoms with Crippen molar-refractivity contribution in [2.24, 2.45) is 0 Å². The molecule has 7 heavy (non-hydrogen) atoms. The molecule has 0 amide bonds. The second kappa shape index (κ2) is 3.05. The molecule has 0 bridgehead atoms. The number of halogens is 2. The van der Waals surface area contributed by atoms with Gasteiger partial charge in [0.2, 0.25) is 0 Å². The molecular formula is C2H3Cl2O2V. The predicted octanol–water partition coefficient (Wildman–Crippen LogP) is 1.50. The van der Waals surface area contributed by atoms with Gasteiger partial charge in [0.25, 0.3) is 0 Å². The van der Waals surface area contributed by atoms with Crippen molar-refractivity contribution in [3.05, 3.63) is 0 Å². The van der Waals surface area contributed by atoms with Crippen LogP contribution in [0.1, 0.15) is 6.92 Å². The summed E-state index contributed by atoms with van der Waals surface area (Å²) in [5.41, 5.74) is 0. The first-order chi connectivity index (χ1) is 3.06. The fourth-order valence-electron chi connectivity index (χ4n) is 0.0654. The first-order valence-electron chi connectivity index (χ1n) is 1.45. The van der Waals surface area contributed by atoms with E-state index in [0.29, 0.717) is 0 Å². The second-order valence-corrected chi connectivity index (χ2v) is 3.13. The van der Waals surface area contributed by atoms with E-state index in [1.807, 2.05) is 0 Å². The SMILES string of the molecule is CC(Cl)(Cl)[O][V]=[O]. The molecule has 0 rings (SSSR count). The maximum absolute atomic E-state index is 9.65. The fourth-order valence-corrected chi connectivity index (χ4v) is 0.502. The zero-order valence-corrected chi connectivity index (χ0v) is 6.43. The van der Waals surface area contributed by atoms with Crippen molar-refractivity contribution in [1.29, 1.82) is 0 Å². The number of rotatable bonds is 2. The second-order valence-electron chi connectivity index (χ2n) is 0.974. The van der Waals surface area contributed by atoms with Crippen LogP contribution in [-0.2, 0) is 23.9 Å². The van der Waals surface area contributed by atoms with Crippen molar-refractivity contribution < 1.29 is 23.9 Å². The van der Waals surface area contributed by atoms with E-state index in [2.05, 4.69) is 3.66 Å². The monoisotopic (exact) mass is 180 g/mol. The summed E-state index contributed by atoms with van der Waals surface area (Å²) in [5, 5.41) is 0. The van der Waals surface area contributed by atoms with E-state index in [-0.39, 0.29) is 0 Å². The summed E-state index contributed by atoms with van der Waals surface area (Å²) in [6.45, 7) is 1.41. The van der Waals surface area contributed by atoms with Crippen molar-refractivity contribution in [3.63, 3.8) is 0 Å². The number of hydrogen-bond donors (Lipinski definition) is 0. The Morgan fingerprint density at radius 2 is 2.14 bits per heavy atom. The van der Waals surface area contributed by atoms with Crippen LogP contribution in [0.15, 0.2) is 0 Å². The minimum absolute atomic E-state index is 1.28. The molecule has 0 aliphatic rings. The molecule has 0 saturated carbocycles. The number of hydrogen-bond acceptors (Lipinski definition) is 2. The molecule has 0 unspecified atom stereocenters. The van der Waals surface area contributed by atoms with Crippen LogP contribution in [0.25, 0.3) is 0 Å². The van der Waals surface area contributed by atoms with Gasteiger partial charge < -0.3 is 0 Å². The summed E-state index contributed by atoms with van der Waals surface area (Å²) in [5.74, 6) is 0. The average molecular weight is 181 g/mol. The Balaban J connectivity index is 3.34. The summed E-state index contributed by atoms with van der Waals surface area (Å²) >= 11 is 9.02. The van der Waals surface area contributed by atoms with Crippen LogP contribution < -0.4 is 0 Å². The first-order valence-corrected chi connectivity index (χ1v) is 3.34. The molecule has 0 heterocycles. The zero-order valence-electron chi connectivity index (χ0n) is 3.52. The molecule has 0 aliphatic heterocycles. The first kappa shape index (κ1) is 7.92. The molecule has 0 aliphatic carbocycles. The third-order valence-electron chi connectivity index (χ3n) is 0.198. The topological polar surface area (TPSA) is 26.3 Å². The van der Waals surface area contributed by atoms with Gasteiger partial charge in [-0.2, -0.15) is 0 Å². The van der Waals surface area contributed by atoms with E-state index < -0.39 is 21.1 Å². The normalized spacial score (nSPS) is 11.3. The summed E-state index contributed by atoms with van der Waals surface area (Å²) in [7, 11) is 0. The quantitative estimate of drug-likeness (QED) is 0.603. The molecule has 0 atom stereocenters. The molecular weight excluding hydrogens is 178 g/mol. The summed E-state index contributed by atoms with van der Waals surface area (Å²) in [6.07, 6.45) is 0. The van der Waals surface area contributed by atoms with Crippen LogP contribution in [0, 0.1) is 0 Å². The van der Waals surface area contributed by atoms with Crippen molar-refractivity contribution in [2.75, 3.05) is 0 Å². The third kappa shape index (κ3) is 6.92. The molecule has 0 aromatic rings. The van der Waals surface area contributed by atoms with Gasteiger partial charge in [-0.15, -0.1) is 0 Å². The van der Waals surface area contributed by atoms with Gasteiger partial charge >= 0.3 is 58.6 Å². The molecule has 0 aromatic carbocycles. The Bertz CT molecular complexity index is 68.6. The van der Waals surface area contributed by atoms with E-state index in [1.165, 1.54) is 6.92 Å². The molecule has 42 valence electrons. The predicted molar refractivity (Wildman–Crippen MR) is 21.9 cm³/mol. The Morgan fingerprint density at radius 3 is 2.14 bits per heavy atom. The molecule has 0 spiro atoms. The van der Waals surface area contributed by atoms with Crippen LogP contribution in [-0.4, -0.2) is 4.52 Å². The summed E-state index contributed by atoms with van der Waals surface area (Å²) < 4.78 is 12.7. The van der Waals surface area contributed by atoms with Gasteiger partial charge in [-0.1, -0.05) is 0 Å². The van der Waals surface area contributed by atoms with Crippen molar-refractivity contribution in [1.82, 2.24) is 0 Å². The molecule has 0 N–H and O–H groups in total. The molecule has 0 fully saturated rings. The molecule has 2 nitrogen and oxygen atoms in total. The molecule has 5 heteroatoms. The van der Waals surface area contributed by atoms with E-state index in [4.69, 9.17) is 23.2 Å². The van der Waals surface area contributed by atoms with Gasteiger partial charge in [0.05, 0.1) is 0 Å². The van der Waals surface area contributed by atoms with Crippen LogP contribution in [0.2, 0.25) is 0 Å². The fraction of sp³-hybridized carbons (Fsp3) is 1.00. The van der Waals surface area contributed by atoms with Gasteiger partial charge in [0, 0.05) is 0 Å². The van der Waals surface area contributed by atoms with Gasteiger partial charge in [-0.05, 0) is 0 Å². The van der Waals surface area contributed by atoms with Crippen molar-refractivity contribution in [3.8, 4) is 0 Å². The summed E-state index contributed by atoms with van der Waals surface area (Å²) in [6, 6.07) is 0. The van der Waals surface area contributed by atoms with E-state index in [1.54, 1.807) is 0 Å². The van der Waals surface area contributed by atoms with Crippen LogP contribution in [0.4, 0.5) is 0 Å². The van der Waals surface area contributed by atoms with E-state index in [9.17, 15) is 3.67 Å². The van der Waals surface area contributed by atoms with Crippen molar-refractivity contribution in [2.45, 2.75) is 11.4 Å². The van der Waals surface area contributed by atoms with Gasteiger partial charge in [-0.25, -0.2) is 0 Å². The zero-order chi connectivity index (χ0) is 5.91. The van der Waals surface area contributed by atoms with Crippen LogP contribution >= 0.6 is 23.2 Å². The van der Waals surface area contributed by atoms with Gasteiger partial charge in [0.1, 0.15) is 0 Å². The maximum atomic E-state index is 9.65. The average Bonchev–Trinajstić information content (AvgIpc) is 1.30. The Kier molecular flexibility index (Phi) is 3.45. The van der Waals surface area contributed by atoms with Crippen molar-refractivity contribution >= 4 is 23.2 Å². The van der Waals surface area contributed by atoms with Gasteiger partial charge in [0.15, 0.2) is 0 Å². The molecule has 0 radical (unpaired) electrons. The standard InChI is InChI=1S/C2H3Cl2O.O.V/c1-2(3,4)5;;/h1H3;;/q-1;;+1. The molecule has 0 saturated heterocycles.